The van der Waals surface area contributed by atoms with Gasteiger partial charge >= 0.3 is 0 Å². The molecule has 0 bridgehead atoms. The first-order chi connectivity index (χ1) is 8.51. The van der Waals surface area contributed by atoms with Crippen molar-refractivity contribution in [3.8, 4) is 0 Å². The van der Waals surface area contributed by atoms with Crippen LogP contribution in [0, 0.1) is 11.7 Å². The first-order valence-corrected chi connectivity index (χ1v) is 7.06. The van der Waals surface area contributed by atoms with Gasteiger partial charge in [-0.05, 0) is 51.8 Å². The second kappa shape index (κ2) is 7.22. The summed E-state index contributed by atoms with van der Waals surface area (Å²) >= 11 is 3.42. The smallest absolute Gasteiger partial charge is 0.128 e. The second-order valence-electron chi connectivity index (χ2n) is 4.80. The number of nitrogens with zero attached hydrogens (tertiary/aromatic N) is 1. The second-order valence-corrected chi connectivity index (χ2v) is 5.72. The quantitative estimate of drug-likeness (QED) is 0.865. The van der Waals surface area contributed by atoms with Crippen molar-refractivity contribution in [1.82, 2.24) is 10.2 Å². The maximum absolute atomic E-state index is 14.0. The van der Waals surface area contributed by atoms with E-state index in [1.165, 1.54) is 6.07 Å². The molecule has 0 aliphatic heterocycles. The summed E-state index contributed by atoms with van der Waals surface area (Å²) in [6.45, 7) is 3.03. The van der Waals surface area contributed by atoms with Crippen LogP contribution in [0.5, 0.6) is 0 Å². The Morgan fingerprint density at radius 1 is 1.39 bits per heavy atom. The Hall–Kier alpha value is -0.450. The Morgan fingerprint density at radius 2 is 2.06 bits per heavy atom. The monoisotopic (exact) mass is 316 g/mol. The molecule has 0 fully saturated rings. The first-order valence-electron chi connectivity index (χ1n) is 6.27. The Kier molecular flexibility index (Phi) is 6.26. The first kappa shape index (κ1) is 15.6. The number of rotatable bonds is 6. The van der Waals surface area contributed by atoms with E-state index in [-0.39, 0.29) is 11.9 Å². The van der Waals surface area contributed by atoms with Crippen molar-refractivity contribution in [2.45, 2.75) is 19.4 Å². The van der Waals surface area contributed by atoms with Crippen molar-refractivity contribution >= 4 is 15.9 Å². The van der Waals surface area contributed by atoms with Gasteiger partial charge in [0, 0.05) is 16.1 Å². The molecule has 1 rings (SSSR count). The Balaban J connectivity index is 3.14. The highest BCUT2D eigenvalue weighted by Gasteiger charge is 2.26. The predicted molar refractivity (Wildman–Crippen MR) is 78.2 cm³/mol. The van der Waals surface area contributed by atoms with Gasteiger partial charge in [0.2, 0.25) is 0 Å². The van der Waals surface area contributed by atoms with Gasteiger partial charge in [0.15, 0.2) is 0 Å². The molecule has 2 nitrogen and oxygen atoms in total. The van der Waals surface area contributed by atoms with Crippen LogP contribution in [-0.2, 0) is 0 Å². The van der Waals surface area contributed by atoms with Crippen molar-refractivity contribution in [3.05, 3.63) is 34.1 Å². The summed E-state index contributed by atoms with van der Waals surface area (Å²) in [6, 6.07) is 5.24. The van der Waals surface area contributed by atoms with Gasteiger partial charge in [0.25, 0.3) is 0 Å². The van der Waals surface area contributed by atoms with Crippen molar-refractivity contribution < 1.29 is 4.39 Å². The normalized spacial score (nSPS) is 14.8. The van der Waals surface area contributed by atoms with Gasteiger partial charge in [0.05, 0.1) is 0 Å². The van der Waals surface area contributed by atoms with E-state index in [1.807, 2.05) is 27.2 Å². The van der Waals surface area contributed by atoms with E-state index in [1.54, 1.807) is 6.07 Å². The van der Waals surface area contributed by atoms with Gasteiger partial charge in [-0.25, -0.2) is 4.39 Å². The van der Waals surface area contributed by atoms with Gasteiger partial charge in [-0.2, -0.15) is 0 Å². The summed E-state index contributed by atoms with van der Waals surface area (Å²) in [5, 5.41) is 3.20. The van der Waals surface area contributed by atoms with E-state index in [4.69, 9.17) is 0 Å². The molecular weight excluding hydrogens is 295 g/mol. The topological polar surface area (TPSA) is 15.3 Å². The lowest BCUT2D eigenvalue weighted by Gasteiger charge is -2.32. The third kappa shape index (κ3) is 3.77. The molecule has 0 aliphatic carbocycles. The molecule has 0 amide bonds. The molecule has 0 aromatic heterocycles. The van der Waals surface area contributed by atoms with E-state index in [0.29, 0.717) is 5.92 Å². The molecule has 0 aliphatic rings. The molecular formula is C14H22BrFN2. The van der Waals surface area contributed by atoms with E-state index < -0.39 is 0 Å². The van der Waals surface area contributed by atoms with Crippen molar-refractivity contribution in [3.63, 3.8) is 0 Å². The highest BCUT2D eigenvalue weighted by Crippen LogP contribution is 2.32. The summed E-state index contributed by atoms with van der Waals surface area (Å²) < 4.78 is 15.0. The molecule has 1 aromatic carbocycles. The van der Waals surface area contributed by atoms with Crippen LogP contribution < -0.4 is 5.32 Å². The molecule has 2 atom stereocenters. The number of hydrogen-bond acceptors (Lipinski definition) is 2. The summed E-state index contributed by atoms with van der Waals surface area (Å²) in [5.41, 5.74) is 0.761. The Morgan fingerprint density at radius 3 is 2.56 bits per heavy atom. The minimum Gasteiger partial charge on any atom is -0.319 e. The van der Waals surface area contributed by atoms with Gasteiger partial charge < -0.3 is 10.2 Å². The number of halogens is 2. The molecule has 1 aromatic rings. The third-order valence-corrected chi connectivity index (χ3v) is 3.76. The minimum atomic E-state index is -0.133. The highest BCUT2D eigenvalue weighted by molar-refractivity contribution is 9.10. The fourth-order valence-electron chi connectivity index (χ4n) is 2.44. The fourth-order valence-corrected chi connectivity index (χ4v) is 2.82. The molecule has 2 unspecified atom stereocenters. The van der Waals surface area contributed by atoms with Crippen molar-refractivity contribution in [1.29, 1.82) is 0 Å². The average Bonchev–Trinajstić information content (AvgIpc) is 2.32. The number of nitrogens with one attached hydrogen (secondary N) is 1. The number of benzene rings is 1. The van der Waals surface area contributed by atoms with Crippen LogP contribution in [0.4, 0.5) is 4.39 Å². The summed E-state index contributed by atoms with van der Waals surface area (Å²) in [6.07, 6.45) is 1.01. The Bertz CT molecular complexity index is 382. The zero-order valence-corrected chi connectivity index (χ0v) is 13.1. The summed E-state index contributed by atoms with van der Waals surface area (Å²) in [5.74, 6) is 0.250. The van der Waals surface area contributed by atoms with E-state index in [0.717, 1.165) is 23.0 Å². The predicted octanol–water partition coefficient (Wildman–Crippen LogP) is 3.44. The van der Waals surface area contributed by atoms with Crippen LogP contribution >= 0.6 is 15.9 Å². The van der Waals surface area contributed by atoms with Crippen LogP contribution in [-0.4, -0.2) is 32.6 Å². The van der Waals surface area contributed by atoms with E-state index in [9.17, 15) is 4.39 Å². The highest BCUT2D eigenvalue weighted by atomic mass is 79.9. The van der Waals surface area contributed by atoms with Gasteiger partial charge in [-0.1, -0.05) is 29.3 Å². The van der Waals surface area contributed by atoms with E-state index >= 15 is 0 Å². The molecule has 4 heteroatoms. The molecule has 0 spiro atoms. The largest absolute Gasteiger partial charge is 0.319 e. The molecule has 18 heavy (non-hydrogen) atoms. The standard InChI is InChI=1S/C14H22BrFN2/c1-5-10(9-17-2)14(18(3)4)12-8-11(15)6-7-13(12)16/h6-8,10,14,17H,5,9H2,1-4H3. The fraction of sp³-hybridized carbons (Fsp3) is 0.571. The molecule has 102 valence electrons. The van der Waals surface area contributed by atoms with Crippen LogP contribution in [0.25, 0.3) is 0 Å². The summed E-state index contributed by atoms with van der Waals surface area (Å²) in [7, 11) is 5.94. The van der Waals surface area contributed by atoms with E-state index in [2.05, 4.69) is 33.1 Å². The maximum Gasteiger partial charge on any atom is 0.128 e. The zero-order chi connectivity index (χ0) is 13.7. The lowest BCUT2D eigenvalue weighted by Crippen LogP contribution is -2.33. The number of hydrogen-bond donors (Lipinski definition) is 1. The Labute approximate surface area is 118 Å². The van der Waals surface area contributed by atoms with Gasteiger partial charge in [0.1, 0.15) is 5.82 Å². The maximum atomic E-state index is 14.0. The van der Waals surface area contributed by atoms with Crippen molar-refractivity contribution in [2.75, 3.05) is 27.7 Å². The molecule has 0 saturated carbocycles. The van der Waals surface area contributed by atoms with Crippen LogP contribution in [0.15, 0.2) is 22.7 Å². The molecule has 0 heterocycles. The molecule has 1 N–H and O–H groups in total. The van der Waals surface area contributed by atoms with Crippen molar-refractivity contribution in [2.24, 2.45) is 5.92 Å². The third-order valence-electron chi connectivity index (χ3n) is 3.27. The molecule has 0 radical (unpaired) electrons. The lowest BCUT2D eigenvalue weighted by molar-refractivity contribution is 0.199. The minimum absolute atomic E-state index is 0.0833. The SMILES string of the molecule is CCC(CNC)C(c1cc(Br)ccc1F)N(C)C. The average molecular weight is 317 g/mol. The van der Waals surface area contributed by atoms with Gasteiger partial charge in [-0.15, -0.1) is 0 Å². The lowest BCUT2D eigenvalue weighted by atomic mass is 9.89. The summed E-state index contributed by atoms with van der Waals surface area (Å²) in [4.78, 5) is 2.09. The van der Waals surface area contributed by atoms with Crippen LogP contribution in [0.3, 0.4) is 0 Å². The van der Waals surface area contributed by atoms with Crippen LogP contribution in [0.1, 0.15) is 24.9 Å². The zero-order valence-electron chi connectivity index (χ0n) is 11.5. The van der Waals surface area contributed by atoms with Crippen LogP contribution in [0.2, 0.25) is 0 Å². The molecule has 0 saturated heterocycles. The van der Waals surface area contributed by atoms with Gasteiger partial charge in [-0.3, -0.25) is 0 Å².